The summed E-state index contributed by atoms with van der Waals surface area (Å²) >= 11 is 0. The maximum atomic E-state index is 8.70. The third kappa shape index (κ3) is 3.86. The lowest BCUT2D eigenvalue weighted by atomic mass is 10.2. The quantitative estimate of drug-likeness (QED) is 0.649. The van der Waals surface area contributed by atoms with Gasteiger partial charge < -0.3 is 11.1 Å². The molecule has 2 rings (SSSR count). The molecule has 3 N–H and O–H groups in total. The van der Waals surface area contributed by atoms with Crippen LogP contribution >= 0.6 is 0 Å². The summed E-state index contributed by atoms with van der Waals surface area (Å²) in [6.45, 7) is 0.538. The van der Waals surface area contributed by atoms with Crippen molar-refractivity contribution in [2.24, 2.45) is 10.7 Å². The van der Waals surface area contributed by atoms with Crippen molar-refractivity contribution >= 4 is 11.6 Å². The van der Waals surface area contributed by atoms with Crippen molar-refractivity contribution in [2.75, 3.05) is 5.32 Å². The lowest BCUT2D eigenvalue weighted by Gasteiger charge is -2.05. The van der Waals surface area contributed by atoms with E-state index in [0.29, 0.717) is 18.1 Å². The molecule has 0 aliphatic carbocycles. The molecule has 0 saturated carbocycles. The zero-order valence-corrected chi connectivity index (χ0v) is 10.4. The second-order valence-corrected chi connectivity index (χ2v) is 4.00. The molecule has 0 aliphatic rings. The molecule has 0 atom stereocenters. The van der Waals surface area contributed by atoms with E-state index in [4.69, 9.17) is 11.0 Å². The molecule has 0 radical (unpaired) electrons. The standard InChI is InChI=1S/C15H14N4/c16-10-12-6-8-14(9-7-12)19-15(17)18-11-13-4-2-1-3-5-13/h1-9H,11H2,(H3,17,18,19). The largest absolute Gasteiger partial charge is 0.370 e. The van der Waals surface area contributed by atoms with Gasteiger partial charge in [-0.25, -0.2) is 4.99 Å². The lowest BCUT2D eigenvalue weighted by molar-refractivity contribution is 1.06. The summed E-state index contributed by atoms with van der Waals surface area (Å²) in [5.41, 5.74) is 8.33. The predicted octanol–water partition coefficient (Wildman–Crippen LogP) is 2.49. The summed E-state index contributed by atoms with van der Waals surface area (Å²) in [4.78, 5) is 4.25. The molecule has 0 spiro atoms. The number of hydrogen-bond acceptors (Lipinski definition) is 2. The number of nitrogens with zero attached hydrogens (tertiary/aromatic N) is 2. The first-order valence-corrected chi connectivity index (χ1v) is 5.89. The van der Waals surface area contributed by atoms with Crippen LogP contribution < -0.4 is 11.1 Å². The van der Waals surface area contributed by atoms with Crippen molar-refractivity contribution in [2.45, 2.75) is 6.54 Å². The van der Waals surface area contributed by atoms with E-state index in [9.17, 15) is 0 Å². The molecule has 2 aromatic carbocycles. The highest BCUT2D eigenvalue weighted by Gasteiger charge is 1.96. The van der Waals surface area contributed by atoms with Crippen LogP contribution in [0, 0.1) is 11.3 Å². The number of rotatable bonds is 3. The van der Waals surface area contributed by atoms with E-state index in [2.05, 4.69) is 16.4 Å². The van der Waals surface area contributed by atoms with E-state index < -0.39 is 0 Å². The number of nitriles is 1. The fourth-order valence-electron chi connectivity index (χ4n) is 1.58. The lowest BCUT2D eigenvalue weighted by Crippen LogP contribution is -2.22. The first-order valence-electron chi connectivity index (χ1n) is 5.89. The van der Waals surface area contributed by atoms with Crippen molar-refractivity contribution in [1.82, 2.24) is 0 Å². The molecule has 0 aliphatic heterocycles. The SMILES string of the molecule is N#Cc1ccc(NC(N)=NCc2ccccc2)cc1. The van der Waals surface area contributed by atoms with Gasteiger partial charge in [0, 0.05) is 5.69 Å². The first-order chi connectivity index (χ1) is 9.28. The summed E-state index contributed by atoms with van der Waals surface area (Å²) in [5, 5.41) is 11.7. The van der Waals surface area contributed by atoms with Crippen molar-refractivity contribution in [3.05, 3.63) is 65.7 Å². The highest BCUT2D eigenvalue weighted by Crippen LogP contribution is 2.08. The van der Waals surface area contributed by atoms with Crippen molar-refractivity contribution in [1.29, 1.82) is 5.26 Å². The molecule has 0 aromatic heterocycles. The molecule has 0 amide bonds. The average Bonchev–Trinajstić information content (AvgIpc) is 2.47. The number of nitrogens with one attached hydrogen (secondary N) is 1. The molecule has 0 unspecified atom stereocenters. The number of anilines is 1. The Morgan fingerprint density at radius 2 is 1.79 bits per heavy atom. The molecule has 19 heavy (non-hydrogen) atoms. The zero-order chi connectivity index (χ0) is 13.5. The van der Waals surface area contributed by atoms with Gasteiger partial charge in [0.05, 0.1) is 18.2 Å². The van der Waals surface area contributed by atoms with E-state index in [0.717, 1.165) is 11.3 Å². The Balaban J connectivity index is 1.96. The number of benzene rings is 2. The number of nitrogens with two attached hydrogens (primary N) is 1. The number of guanidine groups is 1. The summed E-state index contributed by atoms with van der Waals surface area (Å²) in [6, 6.07) is 19.0. The third-order valence-corrected chi connectivity index (χ3v) is 2.56. The van der Waals surface area contributed by atoms with Gasteiger partial charge in [0.2, 0.25) is 0 Å². The molecule has 0 bridgehead atoms. The van der Waals surface area contributed by atoms with Crippen LogP contribution in [-0.4, -0.2) is 5.96 Å². The van der Waals surface area contributed by atoms with Gasteiger partial charge in [0.15, 0.2) is 5.96 Å². The molecule has 4 heteroatoms. The van der Waals surface area contributed by atoms with Crippen LogP contribution in [-0.2, 0) is 6.54 Å². The molecule has 94 valence electrons. The Labute approximate surface area is 112 Å². The van der Waals surface area contributed by atoms with Gasteiger partial charge in [0.25, 0.3) is 0 Å². The van der Waals surface area contributed by atoms with E-state index >= 15 is 0 Å². The Hall–Kier alpha value is -2.80. The van der Waals surface area contributed by atoms with Crippen LogP contribution in [0.2, 0.25) is 0 Å². The molecule has 2 aromatic rings. The van der Waals surface area contributed by atoms with E-state index in [-0.39, 0.29) is 0 Å². The van der Waals surface area contributed by atoms with Crippen molar-refractivity contribution < 1.29 is 0 Å². The fraction of sp³-hybridized carbons (Fsp3) is 0.0667. The van der Waals surface area contributed by atoms with Crippen LogP contribution in [0.4, 0.5) is 5.69 Å². The monoisotopic (exact) mass is 250 g/mol. The van der Waals surface area contributed by atoms with E-state index in [1.54, 1.807) is 24.3 Å². The maximum absolute atomic E-state index is 8.70. The molecule has 4 nitrogen and oxygen atoms in total. The Morgan fingerprint density at radius 1 is 1.11 bits per heavy atom. The van der Waals surface area contributed by atoms with Crippen molar-refractivity contribution in [3.8, 4) is 6.07 Å². The van der Waals surface area contributed by atoms with Crippen LogP contribution in [0.25, 0.3) is 0 Å². The Bertz CT molecular complexity index is 594. The minimum Gasteiger partial charge on any atom is -0.370 e. The minimum atomic E-state index is 0.355. The van der Waals surface area contributed by atoms with Crippen LogP contribution in [0.3, 0.4) is 0 Å². The van der Waals surface area contributed by atoms with Gasteiger partial charge in [-0.2, -0.15) is 5.26 Å². The smallest absolute Gasteiger partial charge is 0.193 e. The molecular weight excluding hydrogens is 236 g/mol. The zero-order valence-electron chi connectivity index (χ0n) is 10.4. The highest BCUT2D eigenvalue weighted by molar-refractivity contribution is 5.92. The Kier molecular flexibility index (Phi) is 4.14. The van der Waals surface area contributed by atoms with Crippen LogP contribution in [0.5, 0.6) is 0 Å². The number of hydrogen-bond donors (Lipinski definition) is 2. The topological polar surface area (TPSA) is 74.2 Å². The fourth-order valence-corrected chi connectivity index (χ4v) is 1.58. The normalized spacial score (nSPS) is 10.8. The molecule has 0 heterocycles. The summed E-state index contributed by atoms with van der Waals surface area (Å²) in [5.74, 6) is 0.355. The van der Waals surface area contributed by atoms with Gasteiger partial charge >= 0.3 is 0 Å². The predicted molar refractivity (Wildman–Crippen MR) is 76.5 cm³/mol. The minimum absolute atomic E-state index is 0.355. The average molecular weight is 250 g/mol. The summed E-state index contributed by atoms with van der Waals surface area (Å²) in [7, 11) is 0. The van der Waals surface area contributed by atoms with Gasteiger partial charge in [-0.15, -0.1) is 0 Å². The van der Waals surface area contributed by atoms with Crippen molar-refractivity contribution in [3.63, 3.8) is 0 Å². The van der Waals surface area contributed by atoms with Gasteiger partial charge in [0.1, 0.15) is 0 Å². The highest BCUT2D eigenvalue weighted by atomic mass is 15.1. The van der Waals surface area contributed by atoms with Gasteiger partial charge in [-0.05, 0) is 29.8 Å². The summed E-state index contributed by atoms with van der Waals surface area (Å²) in [6.07, 6.45) is 0. The second kappa shape index (κ2) is 6.22. The van der Waals surface area contributed by atoms with E-state index in [1.165, 1.54) is 0 Å². The van der Waals surface area contributed by atoms with Gasteiger partial charge in [-0.1, -0.05) is 30.3 Å². The maximum Gasteiger partial charge on any atom is 0.193 e. The molecular formula is C15H14N4. The van der Waals surface area contributed by atoms with Crippen LogP contribution in [0.1, 0.15) is 11.1 Å². The Morgan fingerprint density at radius 3 is 2.42 bits per heavy atom. The molecule has 0 saturated heterocycles. The van der Waals surface area contributed by atoms with Gasteiger partial charge in [-0.3, -0.25) is 0 Å². The second-order valence-electron chi connectivity index (χ2n) is 4.00. The first kappa shape index (κ1) is 12.7. The molecule has 0 fully saturated rings. The van der Waals surface area contributed by atoms with E-state index in [1.807, 2.05) is 30.3 Å². The third-order valence-electron chi connectivity index (χ3n) is 2.56. The van der Waals surface area contributed by atoms with Crippen LogP contribution in [0.15, 0.2) is 59.6 Å². The summed E-state index contributed by atoms with van der Waals surface area (Å²) < 4.78 is 0. The number of aliphatic imine (C=N–C) groups is 1.